The summed E-state index contributed by atoms with van der Waals surface area (Å²) in [6.45, 7) is 7.67. The minimum Gasteiger partial charge on any atom is -0.379 e. The van der Waals surface area contributed by atoms with Crippen molar-refractivity contribution >= 4 is 11.6 Å². The van der Waals surface area contributed by atoms with Gasteiger partial charge in [0.2, 0.25) is 0 Å². The van der Waals surface area contributed by atoms with Crippen molar-refractivity contribution in [3.63, 3.8) is 0 Å². The number of nitrogens with one attached hydrogen (secondary N) is 1. The smallest absolute Gasteiger partial charge is 0.257 e. The van der Waals surface area contributed by atoms with E-state index in [0.717, 1.165) is 24.4 Å². The highest BCUT2D eigenvalue weighted by atomic mass is 16.5. The molecule has 4 rings (SSSR count). The van der Waals surface area contributed by atoms with Crippen LogP contribution in [0.15, 0.2) is 6.07 Å². The zero-order valence-electron chi connectivity index (χ0n) is 15.6. The predicted octanol–water partition coefficient (Wildman–Crippen LogP) is 1.97. The standard InChI is InChI=1S/C19H26N4O3/c1-11-8-12(2)23-18(20-11)17(13(3)22-23)19(24)21-15-10-25-7-6-16(15)26-9-14-4-5-14/h8,14-16H,4-7,9-10H2,1-3H3,(H,21,24)/t15-,16+/m1/s1. The summed E-state index contributed by atoms with van der Waals surface area (Å²) in [5, 5.41) is 7.59. The Kier molecular flexibility index (Phi) is 4.67. The number of amides is 1. The van der Waals surface area contributed by atoms with Crippen molar-refractivity contribution < 1.29 is 14.3 Å². The van der Waals surface area contributed by atoms with Gasteiger partial charge in [0, 0.05) is 24.6 Å². The second-order valence-electron chi connectivity index (χ2n) is 7.49. The molecule has 2 aromatic rings. The summed E-state index contributed by atoms with van der Waals surface area (Å²) in [4.78, 5) is 17.5. The van der Waals surface area contributed by atoms with Gasteiger partial charge in [-0.05, 0) is 52.0 Å². The van der Waals surface area contributed by atoms with E-state index in [1.165, 1.54) is 12.8 Å². The van der Waals surface area contributed by atoms with Gasteiger partial charge < -0.3 is 14.8 Å². The van der Waals surface area contributed by atoms with Crippen LogP contribution in [0.25, 0.3) is 5.65 Å². The van der Waals surface area contributed by atoms with Crippen molar-refractivity contribution in [2.45, 2.75) is 52.2 Å². The topological polar surface area (TPSA) is 77.8 Å². The largest absolute Gasteiger partial charge is 0.379 e. The molecule has 0 radical (unpaired) electrons. The molecule has 0 bridgehead atoms. The number of aromatic nitrogens is 3. The molecule has 1 amide bonds. The molecule has 140 valence electrons. The van der Waals surface area contributed by atoms with Crippen LogP contribution in [0.4, 0.5) is 0 Å². The average Bonchev–Trinajstić information content (AvgIpc) is 3.36. The molecule has 1 aliphatic heterocycles. The van der Waals surface area contributed by atoms with Gasteiger partial charge in [-0.25, -0.2) is 9.50 Å². The molecular formula is C19H26N4O3. The van der Waals surface area contributed by atoms with Crippen LogP contribution >= 0.6 is 0 Å². The molecule has 26 heavy (non-hydrogen) atoms. The second-order valence-corrected chi connectivity index (χ2v) is 7.49. The number of carbonyl (C=O) groups is 1. The lowest BCUT2D eigenvalue weighted by molar-refractivity contribution is -0.0567. The number of fused-ring (bicyclic) bond motifs is 1. The molecule has 2 aliphatic rings. The lowest BCUT2D eigenvalue weighted by atomic mass is 10.1. The van der Waals surface area contributed by atoms with Gasteiger partial charge in [0.25, 0.3) is 5.91 Å². The Bertz CT molecular complexity index is 828. The van der Waals surface area contributed by atoms with E-state index in [4.69, 9.17) is 9.47 Å². The molecule has 0 aromatic carbocycles. The van der Waals surface area contributed by atoms with Crippen molar-refractivity contribution in [2.75, 3.05) is 19.8 Å². The molecule has 1 aliphatic carbocycles. The quantitative estimate of drug-likeness (QED) is 0.884. The number of nitrogens with zero attached hydrogens (tertiary/aromatic N) is 3. The highest BCUT2D eigenvalue weighted by Gasteiger charge is 2.32. The Balaban J connectivity index is 1.55. The van der Waals surface area contributed by atoms with Crippen LogP contribution in [0, 0.1) is 26.7 Å². The number of ether oxygens (including phenoxy) is 2. The lowest BCUT2D eigenvalue weighted by Gasteiger charge is -2.32. The molecule has 0 spiro atoms. The van der Waals surface area contributed by atoms with Crippen molar-refractivity contribution in [3.05, 3.63) is 28.7 Å². The Morgan fingerprint density at radius 1 is 1.35 bits per heavy atom. The van der Waals surface area contributed by atoms with E-state index in [9.17, 15) is 4.79 Å². The minimum atomic E-state index is -0.162. The van der Waals surface area contributed by atoms with E-state index >= 15 is 0 Å². The molecular weight excluding hydrogens is 332 g/mol. The van der Waals surface area contributed by atoms with Gasteiger partial charge in [0.15, 0.2) is 5.65 Å². The minimum absolute atomic E-state index is 0.00637. The van der Waals surface area contributed by atoms with Gasteiger partial charge in [-0.3, -0.25) is 4.79 Å². The summed E-state index contributed by atoms with van der Waals surface area (Å²) in [6, 6.07) is 1.81. The van der Waals surface area contributed by atoms with Crippen molar-refractivity contribution in [1.29, 1.82) is 0 Å². The molecule has 7 heteroatoms. The monoisotopic (exact) mass is 358 g/mol. The Morgan fingerprint density at radius 3 is 2.92 bits per heavy atom. The summed E-state index contributed by atoms with van der Waals surface area (Å²) < 4.78 is 13.4. The number of carbonyl (C=O) groups excluding carboxylic acids is 1. The summed E-state index contributed by atoms with van der Waals surface area (Å²) in [6.07, 6.45) is 3.33. The average molecular weight is 358 g/mol. The fourth-order valence-electron chi connectivity index (χ4n) is 3.53. The first kappa shape index (κ1) is 17.4. The third kappa shape index (κ3) is 3.46. The molecule has 1 saturated heterocycles. The summed E-state index contributed by atoms with van der Waals surface area (Å²) >= 11 is 0. The summed E-state index contributed by atoms with van der Waals surface area (Å²) in [7, 11) is 0. The molecule has 0 unspecified atom stereocenters. The van der Waals surface area contributed by atoms with Gasteiger partial charge >= 0.3 is 0 Å². The fraction of sp³-hybridized carbons (Fsp3) is 0.632. The first-order valence-corrected chi connectivity index (χ1v) is 9.36. The molecule has 1 N–H and O–H groups in total. The fourth-order valence-corrected chi connectivity index (χ4v) is 3.53. The van der Waals surface area contributed by atoms with Gasteiger partial charge in [-0.2, -0.15) is 5.10 Å². The number of hydrogen-bond donors (Lipinski definition) is 1. The zero-order valence-corrected chi connectivity index (χ0v) is 15.6. The normalized spacial score (nSPS) is 23.3. The van der Waals surface area contributed by atoms with E-state index in [2.05, 4.69) is 15.4 Å². The third-order valence-corrected chi connectivity index (χ3v) is 5.15. The van der Waals surface area contributed by atoms with Crippen LogP contribution in [0.3, 0.4) is 0 Å². The molecule has 7 nitrogen and oxygen atoms in total. The highest BCUT2D eigenvalue weighted by molar-refractivity contribution is 6.01. The van der Waals surface area contributed by atoms with Crippen molar-refractivity contribution in [3.8, 4) is 0 Å². The maximum atomic E-state index is 13.0. The molecule has 2 fully saturated rings. The van der Waals surface area contributed by atoms with E-state index in [1.807, 2.05) is 26.8 Å². The van der Waals surface area contributed by atoms with Crippen LogP contribution < -0.4 is 5.32 Å². The van der Waals surface area contributed by atoms with Crippen LogP contribution in [0.2, 0.25) is 0 Å². The van der Waals surface area contributed by atoms with Gasteiger partial charge in [-0.15, -0.1) is 0 Å². The van der Waals surface area contributed by atoms with E-state index in [-0.39, 0.29) is 18.1 Å². The van der Waals surface area contributed by atoms with Gasteiger partial charge in [0.1, 0.15) is 5.56 Å². The Labute approximate surface area is 153 Å². The van der Waals surface area contributed by atoms with E-state index < -0.39 is 0 Å². The summed E-state index contributed by atoms with van der Waals surface area (Å²) in [5.74, 6) is 0.539. The van der Waals surface area contributed by atoms with Crippen LogP contribution in [0.1, 0.15) is 46.7 Å². The van der Waals surface area contributed by atoms with E-state index in [1.54, 1.807) is 4.52 Å². The second kappa shape index (κ2) is 6.96. The number of aryl methyl sites for hydroxylation is 3. The SMILES string of the molecule is Cc1cc(C)n2nc(C)c(C(=O)N[C@@H]3COCC[C@@H]3OCC3CC3)c2n1. The van der Waals surface area contributed by atoms with Crippen LogP contribution in [-0.4, -0.2) is 52.5 Å². The molecule has 2 aromatic heterocycles. The Morgan fingerprint density at radius 2 is 2.15 bits per heavy atom. The predicted molar refractivity (Wildman–Crippen MR) is 96.4 cm³/mol. The van der Waals surface area contributed by atoms with Crippen LogP contribution in [0.5, 0.6) is 0 Å². The van der Waals surface area contributed by atoms with Crippen LogP contribution in [-0.2, 0) is 9.47 Å². The third-order valence-electron chi connectivity index (χ3n) is 5.15. The maximum absolute atomic E-state index is 13.0. The van der Waals surface area contributed by atoms with E-state index in [0.29, 0.717) is 36.0 Å². The first-order valence-electron chi connectivity index (χ1n) is 9.36. The molecule has 1 saturated carbocycles. The lowest BCUT2D eigenvalue weighted by Crippen LogP contribution is -2.50. The first-order chi connectivity index (χ1) is 12.5. The number of rotatable bonds is 5. The van der Waals surface area contributed by atoms with Crippen molar-refractivity contribution in [2.24, 2.45) is 5.92 Å². The summed E-state index contributed by atoms with van der Waals surface area (Å²) in [5.41, 5.74) is 3.64. The van der Waals surface area contributed by atoms with Crippen molar-refractivity contribution in [1.82, 2.24) is 19.9 Å². The zero-order chi connectivity index (χ0) is 18.3. The maximum Gasteiger partial charge on any atom is 0.257 e. The molecule has 3 heterocycles. The highest BCUT2D eigenvalue weighted by Crippen LogP contribution is 2.30. The van der Waals surface area contributed by atoms with Gasteiger partial charge in [0.05, 0.1) is 24.4 Å². The number of hydrogen-bond acceptors (Lipinski definition) is 5. The molecule has 2 atom stereocenters. The van der Waals surface area contributed by atoms with Gasteiger partial charge in [-0.1, -0.05) is 0 Å². The Hall–Kier alpha value is -1.99.